The Kier molecular flexibility index (Phi) is 3.83. The van der Waals surface area contributed by atoms with E-state index in [-0.39, 0.29) is 0 Å². The second-order valence-electron chi connectivity index (χ2n) is 6.28. The van der Waals surface area contributed by atoms with E-state index in [9.17, 15) is 0 Å². The lowest BCUT2D eigenvalue weighted by Gasteiger charge is -2.30. The van der Waals surface area contributed by atoms with Gasteiger partial charge in [-0.3, -0.25) is 4.90 Å². The minimum Gasteiger partial charge on any atom is -0.300 e. The molecule has 0 N–H and O–H groups in total. The van der Waals surface area contributed by atoms with Crippen LogP contribution in [-0.2, 0) is 0 Å². The summed E-state index contributed by atoms with van der Waals surface area (Å²) in [5, 5.41) is 0. The van der Waals surface area contributed by atoms with E-state index in [1.54, 1.807) is 0 Å². The molecule has 1 aliphatic heterocycles. The van der Waals surface area contributed by atoms with Crippen molar-refractivity contribution in [2.45, 2.75) is 64.3 Å². The lowest BCUT2D eigenvalue weighted by Crippen LogP contribution is -2.34. The maximum atomic E-state index is 4.66. The Hall–Kier alpha value is -0.960. The largest absolute Gasteiger partial charge is 0.300 e. The number of likely N-dealkylation sites (tertiary alicyclic amines) is 1. The number of hydrogen-bond acceptors (Lipinski definition) is 3. The van der Waals surface area contributed by atoms with Crippen LogP contribution in [-0.4, -0.2) is 34.0 Å². The van der Waals surface area contributed by atoms with E-state index in [0.717, 1.165) is 23.3 Å². The predicted molar refractivity (Wildman–Crippen MR) is 77.3 cm³/mol. The molecule has 1 aliphatic carbocycles. The van der Waals surface area contributed by atoms with Gasteiger partial charge in [-0.25, -0.2) is 9.97 Å². The number of aromatic nitrogens is 2. The first kappa shape index (κ1) is 13.0. The SMILES string of the molecule is Cc1cc(C)nc([C@H]2CCN(C3CCCCC3)C2)n1. The third-order valence-electron chi connectivity index (χ3n) is 4.68. The van der Waals surface area contributed by atoms with Crippen LogP contribution in [0.4, 0.5) is 0 Å². The van der Waals surface area contributed by atoms with Crippen molar-refractivity contribution < 1.29 is 0 Å². The molecule has 1 aromatic heterocycles. The molecule has 1 aromatic rings. The fourth-order valence-corrected chi connectivity index (χ4v) is 3.71. The van der Waals surface area contributed by atoms with Gasteiger partial charge in [0.25, 0.3) is 0 Å². The van der Waals surface area contributed by atoms with E-state index < -0.39 is 0 Å². The van der Waals surface area contributed by atoms with Gasteiger partial charge in [0.15, 0.2) is 0 Å². The Morgan fingerprint density at radius 1 is 1.00 bits per heavy atom. The van der Waals surface area contributed by atoms with Crippen LogP contribution >= 0.6 is 0 Å². The van der Waals surface area contributed by atoms with Crippen molar-refractivity contribution in [1.82, 2.24) is 14.9 Å². The molecule has 3 rings (SSSR count). The van der Waals surface area contributed by atoms with Crippen LogP contribution in [0.15, 0.2) is 6.07 Å². The van der Waals surface area contributed by atoms with Gasteiger partial charge in [-0.05, 0) is 45.7 Å². The Balaban J connectivity index is 1.67. The molecule has 1 saturated carbocycles. The average Bonchev–Trinajstić information content (AvgIpc) is 2.88. The average molecular weight is 259 g/mol. The summed E-state index contributed by atoms with van der Waals surface area (Å²) in [4.78, 5) is 12.0. The van der Waals surface area contributed by atoms with Gasteiger partial charge in [-0.1, -0.05) is 19.3 Å². The van der Waals surface area contributed by atoms with Gasteiger partial charge in [0.1, 0.15) is 5.82 Å². The van der Waals surface area contributed by atoms with Crippen molar-refractivity contribution in [3.05, 3.63) is 23.3 Å². The zero-order valence-electron chi connectivity index (χ0n) is 12.2. The first-order chi connectivity index (χ1) is 9.22. The van der Waals surface area contributed by atoms with Gasteiger partial charge in [0.2, 0.25) is 0 Å². The van der Waals surface area contributed by atoms with Crippen LogP contribution in [0.25, 0.3) is 0 Å². The van der Waals surface area contributed by atoms with Gasteiger partial charge in [-0.2, -0.15) is 0 Å². The maximum absolute atomic E-state index is 4.66. The molecule has 104 valence electrons. The summed E-state index contributed by atoms with van der Waals surface area (Å²) in [5.74, 6) is 1.64. The van der Waals surface area contributed by atoms with Gasteiger partial charge in [0.05, 0.1) is 0 Å². The molecule has 19 heavy (non-hydrogen) atoms. The molecule has 3 nitrogen and oxygen atoms in total. The Morgan fingerprint density at radius 2 is 1.68 bits per heavy atom. The summed E-state index contributed by atoms with van der Waals surface area (Å²) in [6.45, 7) is 6.57. The topological polar surface area (TPSA) is 29.0 Å². The molecule has 0 amide bonds. The van der Waals surface area contributed by atoms with Crippen LogP contribution < -0.4 is 0 Å². The lowest BCUT2D eigenvalue weighted by molar-refractivity contribution is 0.189. The highest BCUT2D eigenvalue weighted by atomic mass is 15.2. The van der Waals surface area contributed by atoms with Gasteiger partial charge in [-0.15, -0.1) is 0 Å². The van der Waals surface area contributed by atoms with E-state index in [0.29, 0.717) is 5.92 Å². The number of nitrogens with zero attached hydrogens (tertiary/aromatic N) is 3. The highest BCUT2D eigenvalue weighted by molar-refractivity contribution is 5.12. The van der Waals surface area contributed by atoms with Gasteiger partial charge >= 0.3 is 0 Å². The van der Waals surface area contributed by atoms with Crippen molar-refractivity contribution in [2.24, 2.45) is 0 Å². The summed E-state index contributed by atoms with van der Waals surface area (Å²) < 4.78 is 0. The fraction of sp³-hybridized carbons (Fsp3) is 0.750. The minimum absolute atomic E-state index is 0.556. The number of hydrogen-bond donors (Lipinski definition) is 0. The van der Waals surface area contributed by atoms with Gasteiger partial charge < -0.3 is 0 Å². The summed E-state index contributed by atoms with van der Waals surface area (Å²) >= 11 is 0. The molecule has 0 unspecified atom stereocenters. The normalized spacial score (nSPS) is 25.9. The van der Waals surface area contributed by atoms with Crippen molar-refractivity contribution in [3.8, 4) is 0 Å². The van der Waals surface area contributed by atoms with Crippen molar-refractivity contribution in [1.29, 1.82) is 0 Å². The molecule has 0 aromatic carbocycles. The Morgan fingerprint density at radius 3 is 2.37 bits per heavy atom. The van der Waals surface area contributed by atoms with Crippen LogP contribution in [0.2, 0.25) is 0 Å². The molecule has 2 heterocycles. The summed E-state index contributed by atoms with van der Waals surface area (Å²) in [6.07, 6.45) is 8.33. The van der Waals surface area contributed by atoms with E-state index in [1.165, 1.54) is 51.6 Å². The van der Waals surface area contributed by atoms with E-state index in [4.69, 9.17) is 0 Å². The number of aryl methyl sites for hydroxylation is 2. The third kappa shape index (κ3) is 2.97. The lowest BCUT2D eigenvalue weighted by atomic mass is 9.94. The Bertz CT molecular complexity index is 417. The first-order valence-electron chi connectivity index (χ1n) is 7.78. The van der Waals surface area contributed by atoms with Crippen LogP contribution in [0.5, 0.6) is 0 Å². The molecule has 2 aliphatic rings. The second kappa shape index (κ2) is 5.58. The molecular formula is C16H25N3. The maximum Gasteiger partial charge on any atom is 0.133 e. The van der Waals surface area contributed by atoms with Gasteiger partial charge in [0, 0.05) is 29.9 Å². The van der Waals surface area contributed by atoms with E-state index in [2.05, 4.69) is 34.8 Å². The molecule has 1 atom stereocenters. The summed E-state index contributed by atoms with van der Waals surface area (Å²) in [5.41, 5.74) is 2.22. The molecule has 3 heteroatoms. The highest BCUT2D eigenvalue weighted by Gasteiger charge is 2.31. The standard InChI is InChI=1S/C16H25N3/c1-12-10-13(2)18-16(17-12)14-8-9-19(11-14)15-6-4-3-5-7-15/h10,14-15H,3-9,11H2,1-2H3/t14-/m0/s1. The molecule has 0 radical (unpaired) electrons. The van der Waals surface area contributed by atoms with Crippen LogP contribution in [0.3, 0.4) is 0 Å². The number of rotatable bonds is 2. The summed E-state index contributed by atoms with van der Waals surface area (Å²) in [6, 6.07) is 2.90. The fourth-order valence-electron chi connectivity index (χ4n) is 3.71. The predicted octanol–water partition coefficient (Wildman–Crippen LogP) is 3.22. The second-order valence-corrected chi connectivity index (χ2v) is 6.28. The smallest absolute Gasteiger partial charge is 0.133 e. The minimum atomic E-state index is 0.556. The van der Waals surface area contributed by atoms with Crippen molar-refractivity contribution >= 4 is 0 Å². The zero-order chi connectivity index (χ0) is 13.2. The van der Waals surface area contributed by atoms with E-state index >= 15 is 0 Å². The van der Waals surface area contributed by atoms with Crippen LogP contribution in [0, 0.1) is 13.8 Å². The molecule has 0 bridgehead atoms. The first-order valence-corrected chi connectivity index (χ1v) is 7.78. The third-order valence-corrected chi connectivity index (χ3v) is 4.68. The molecule has 0 spiro atoms. The Labute approximate surface area is 116 Å². The highest BCUT2D eigenvalue weighted by Crippen LogP contribution is 2.31. The van der Waals surface area contributed by atoms with Crippen molar-refractivity contribution in [3.63, 3.8) is 0 Å². The van der Waals surface area contributed by atoms with E-state index in [1.807, 2.05) is 0 Å². The quantitative estimate of drug-likeness (QED) is 0.816. The molecule has 1 saturated heterocycles. The molecule has 2 fully saturated rings. The summed E-state index contributed by atoms with van der Waals surface area (Å²) in [7, 11) is 0. The van der Waals surface area contributed by atoms with Crippen LogP contribution in [0.1, 0.15) is 61.7 Å². The monoisotopic (exact) mass is 259 g/mol. The van der Waals surface area contributed by atoms with Crippen molar-refractivity contribution in [2.75, 3.05) is 13.1 Å². The zero-order valence-corrected chi connectivity index (χ0v) is 12.2. The molecular weight excluding hydrogens is 234 g/mol.